The van der Waals surface area contributed by atoms with Crippen LogP contribution < -0.4 is 10.0 Å². The van der Waals surface area contributed by atoms with Crippen LogP contribution in [0.25, 0.3) is 0 Å². The van der Waals surface area contributed by atoms with E-state index in [0.29, 0.717) is 22.9 Å². The summed E-state index contributed by atoms with van der Waals surface area (Å²) in [4.78, 5) is 0.328. The smallest absolute Gasteiger partial charge is 0.244 e. The zero-order valence-electron chi connectivity index (χ0n) is 12.0. The Balaban J connectivity index is 1.92. The number of hydrogen-bond acceptors (Lipinski definition) is 4. The third-order valence-corrected chi connectivity index (χ3v) is 6.21. The number of nitrogens with one attached hydrogen (secondary N) is 2. The van der Waals surface area contributed by atoms with E-state index >= 15 is 0 Å². The quantitative estimate of drug-likeness (QED) is 0.844. The fourth-order valence-corrected chi connectivity index (χ4v) is 5.39. The first kappa shape index (κ1) is 14.0. The lowest BCUT2D eigenvalue weighted by Gasteiger charge is -2.29. The van der Waals surface area contributed by atoms with Crippen LogP contribution in [0.15, 0.2) is 11.1 Å². The van der Waals surface area contributed by atoms with Crippen molar-refractivity contribution in [3.05, 3.63) is 11.9 Å². The molecule has 6 nitrogen and oxygen atoms in total. The molecule has 1 aliphatic carbocycles. The van der Waals surface area contributed by atoms with Crippen LogP contribution in [0, 0.1) is 5.92 Å². The Bertz CT molecular complexity index is 598. The lowest BCUT2D eigenvalue weighted by molar-refractivity contribution is 0.359. The molecule has 0 radical (unpaired) electrons. The molecule has 0 bridgehead atoms. The van der Waals surface area contributed by atoms with Crippen molar-refractivity contribution in [3.63, 3.8) is 0 Å². The van der Waals surface area contributed by atoms with Crippen LogP contribution in [0.5, 0.6) is 0 Å². The first-order chi connectivity index (χ1) is 9.47. The average molecular weight is 298 g/mol. The Morgan fingerprint density at radius 2 is 2.40 bits per heavy atom. The van der Waals surface area contributed by atoms with Gasteiger partial charge in [0.05, 0.1) is 5.69 Å². The molecule has 1 aliphatic heterocycles. The molecule has 1 saturated carbocycles. The molecule has 0 unspecified atom stereocenters. The largest absolute Gasteiger partial charge is 0.315 e. The second-order valence-corrected chi connectivity index (χ2v) is 7.60. The van der Waals surface area contributed by atoms with E-state index in [1.165, 1.54) is 0 Å². The molecule has 1 aromatic rings. The van der Waals surface area contributed by atoms with Crippen LogP contribution in [0.2, 0.25) is 0 Å². The maximum absolute atomic E-state index is 12.7. The van der Waals surface area contributed by atoms with Gasteiger partial charge in [-0.15, -0.1) is 0 Å². The van der Waals surface area contributed by atoms with Gasteiger partial charge in [0.15, 0.2) is 0 Å². The number of hydrogen-bond donors (Lipinski definition) is 2. The minimum absolute atomic E-state index is 0.292. The summed E-state index contributed by atoms with van der Waals surface area (Å²) in [5, 5.41) is 7.56. The maximum Gasteiger partial charge on any atom is 0.244 e. The second kappa shape index (κ2) is 4.82. The number of nitrogens with zero attached hydrogens (tertiary/aromatic N) is 2. The van der Waals surface area contributed by atoms with Crippen LogP contribution in [0.3, 0.4) is 0 Å². The number of rotatable bonds is 4. The molecule has 112 valence electrons. The summed E-state index contributed by atoms with van der Waals surface area (Å²) in [6, 6.07) is 0. The summed E-state index contributed by atoms with van der Waals surface area (Å²) in [6.45, 7) is 3.57. The number of aromatic nitrogens is 2. The summed E-state index contributed by atoms with van der Waals surface area (Å²) in [6.07, 6.45) is 5.34. The van der Waals surface area contributed by atoms with E-state index in [-0.39, 0.29) is 5.54 Å². The van der Waals surface area contributed by atoms with Crippen molar-refractivity contribution >= 4 is 10.0 Å². The molecule has 0 spiro atoms. The van der Waals surface area contributed by atoms with Crippen molar-refractivity contribution in [1.82, 2.24) is 19.8 Å². The van der Waals surface area contributed by atoms with E-state index in [9.17, 15) is 8.42 Å². The van der Waals surface area contributed by atoms with Gasteiger partial charge in [0.2, 0.25) is 10.0 Å². The third kappa shape index (κ3) is 2.17. The van der Waals surface area contributed by atoms with Crippen molar-refractivity contribution in [2.24, 2.45) is 13.0 Å². The monoisotopic (exact) mass is 298 g/mol. The summed E-state index contributed by atoms with van der Waals surface area (Å²) in [7, 11) is -1.75. The van der Waals surface area contributed by atoms with Gasteiger partial charge < -0.3 is 5.32 Å². The summed E-state index contributed by atoms with van der Waals surface area (Å²) < 4.78 is 30.0. The highest BCUT2D eigenvalue weighted by molar-refractivity contribution is 7.89. The molecule has 20 heavy (non-hydrogen) atoms. The molecule has 3 rings (SSSR count). The number of aryl methyl sites for hydroxylation is 2. The normalized spacial score (nSPS) is 29.8. The average Bonchev–Trinajstić information content (AvgIpc) is 3.01. The van der Waals surface area contributed by atoms with Crippen LogP contribution in [-0.2, 0) is 23.5 Å². The van der Waals surface area contributed by atoms with E-state index in [2.05, 4.69) is 15.1 Å². The first-order valence-electron chi connectivity index (χ1n) is 7.24. The zero-order chi connectivity index (χ0) is 14.4. The molecule has 2 fully saturated rings. The fourth-order valence-electron chi connectivity index (χ4n) is 3.62. The summed E-state index contributed by atoms with van der Waals surface area (Å²) in [5.41, 5.74) is 0.344. The molecule has 1 aromatic heterocycles. The molecule has 2 N–H and O–H groups in total. The molecule has 0 amide bonds. The Hall–Kier alpha value is -0.920. The lowest BCUT2D eigenvalue weighted by atomic mass is 9.92. The highest BCUT2D eigenvalue weighted by Gasteiger charge is 2.49. The number of fused-ring (bicyclic) bond motifs is 1. The minimum atomic E-state index is -3.50. The van der Waals surface area contributed by atoms with Gasteiger partial charge in [-0.2, -0.15) is 5.10 Å². The van der Waals surface area contributed by atoms with Crippen molar-refractivity contribution < 1.29 is 8.42 Å². The van der Waals surface area contributed by atoms with Gasteiger partial charge in [-0.05, 0) is 31.7 Å². The molecule has 2 heterocycles. The van der Waals surface area contributed by atoms with E-state index < -0.39 is 10.0 Å². The van der Waals surface area contributed by atoms with Crippen molar-refractivity contribution in [2.75, 3.05) is 13.1 Å². The van der Waals surface area contributed by atoms with Crippen molar-refractivity contribution in [2.45, 2.75) is 43.0 Å². The number of sulfonamides is 1. The van der Waals surface area contributed by atoms with Gasteiger partial charge in [0.25, 0.3) is 0 Å². The summed E-state index contributed by atoms with van der Waals surface area (Å²) >= 11 is 0. The molecule has 0 aromatic carbocycles. The fraction of sp³-hybridized carbons (Fsp3) is 0.769. The van der Waals surface area contributed by atoms with Gasteiger partial charge in [0, 0.05) is 25.3 Å². The third-order valence-electron chi connectivity index (χ3n) is 4.62. The van der Waals surface area contributed by atoms with Gasteiger partial charge in [0.1, 0.15) is 4.90 Å². The minimum Gasteiger partial charge on any atom is -0.315 e. The van der Waals surface area contributed by atoms with E-state index in [1.54, 1.807) is 17.9 Å². The lowest BCUT2D eigenvalue weighted by Crippen LogP contribution is -2.51. The first-order valence-corrected chi connectivity index (χ1v) is 8.72. The Morgan fingerprint density at radius 3 is 3.15 bits per heavy atom. The van der Waals surface area contributed by atoms with E-state index in [1.807, 2.05) is 6.92 Å². The van der Waals surface area contributed by atoms with Crippen LogP contribution in [-0.4, -0.2) is 36.8 Å². The van der Waals surface area contributed by atoms with Crippen LogP contribution >= 0.6 is 0 Å². The molecule has 1 saturated heterocycles. The predicted octanol–water partition coefficient (Wildman–Crippen LogP) is 0.403. The van der Waals surface area contributed by atoms with Gasteiger partial charge in [-0.3, -0.25) is 4.68 Å². The molecule has 2 aliphatic rings. The van der Waals surface area contributed by atoms with Crippen molar-refractivity contribution in [1.29, 1.82) is 0 Å². The highest BCUT2D eigenvalue weighted by Crippen LogP contribution is 2.39. The topological polar surface area (TPSA) is 76.0 Å². The van der Waals surface area contributed by atoms with E-state index in [4.69, 9.17) is 0 Å². The maximum atomic E-state index is 12.7. The van der Waals surface area contributed by atoms with Crippen LogP contribution in [0.1, 0.15) is 31.9 Å². The van der Waals surface area contributed by atoms with Gasteiger partial charge in [-0.1, -0.05) is 13.3 Å². The Kier molecular flexibility index (Phi) is 3.38. The van der Waals surface area contributed by atoms with Crippen LogP contribution in [0.4, 0.5) is 0 Å². The zero-order valence-corrected chi connectivity index (χ0v) is 12.8. The second-order valence-electron chi connectivity index (χ2n) is 5.95. The molecule has 2 atom stereocenters. The standard InChI is InChI=1S/C13H22N4O2S/c1-3-11-12(8-17(2)15-11)20(18,19)16-13-6-4-5-10(13)7-14-9-13/h8,10,14,16H,3-7,9H2,1-2H3/t10-,13-/m0/s1. The Labute approximate surface area is 120 Å². The Morgan fingerprint density at radius 1 is 1.60 bits per heavy atom. The SMILES string of the molecule is CCc1nn(C)cc1S(=O)(=O)N[C@]12CCC[C@H]1CNC2. The molecule has 7 heteroatoms. The van der Waals surface area contributed by atoms with Crippen molar-refractivity contribution in [3.8, 4) is 0 Å². The summed E-state index contributed by atoms with van der Waals surface area (Å²) in [5.74, 6) is 0.416. The molecular formula is C13H22N4O2S. The predicted molar refractivity (Wildman–Crippen MR) is 75.8 cm³/mol. The molecular weight excluding hydrogens is 276 g/mol. The van der Waals surface area contributed by atoms with Gasteiger partial charge >= 0.3 is 0 Å². The van der Waals surface area contributed by atoms with E-state index in [0.717, 1.165) is 32.4 Å². The highest BCUT2D eigenvalue weighted by atomic mass is 32.2. The van der Waals surface area contributed by atoms with Gasteiger partial charge in [-0.25, -0.2) is 13.1 Å².